The lowest BCUT2D eigenvalue weighted by atomic mass is 10.5. The Hall–Kier alpha value is -0.0500. The Morgan fingerprint density at radius 2 is 2.33 bits per heavy atom. The zero-order valence-electron chi connectivity index (χ0n) is 5.73. The summed E-state index contributed by atoms with van der Waals surface area (Å²) >= 11 is 5.53. The third kappa shape index (κ3) is 5.83. The molecule has 0 unspecified atom stereocenters. The molecule has 0 spiro atoms. The molecule has 0 aliphatic heterocycles. The monoisotopic (exact) mass is 148 g/mol. The highest BCUT2D eigenvalue weighted by Gasteiger charge is 1.95. The Kier molecular flexibility index (Phi) is 4.77. The molecule has 0 aliphatic rings. The van der Waals surface area contributed by atoms with Gasteiger partial charge in [-0.05, 0) is 7.05 Å². The van der Waals surface area contributed by atoms with E-state index in [4.69, 9.17) is 17.3 Å². The molecule has 0 aromatic rings. The largest absolute Gasteiger partial charge is 0.329 e. The first-order valence-electron chi connectivity index (χ1n) is 2.88. The second kappa shape index (κ2) is 4.79. The van der Waals surface area contributed by atoms with E-state index in [0.29, 0.717) is 11.6 Å². The van der Waals surface area contributed by atoms with E-state index in [1.807, 2.05) is 11.9 Å². The highest BCUT2D eigenvalue weighted by Crippen LogP contribution is 1.97. The molecule has 0 saturated heterocycles. The zero-order chi connectivity index (χ0) is 7.28. The highest BCUT2D eigenvalue weighted by molar-refractivity contribution is 6.29. The van der Waals surface area contributed by atoms with E-state index in [1.54, 1.807) is 0 Å². The summed E-state index contributed by atoms with van der Waals surface area (Å²) in [6.07, 6.45) is 0. The summed E-state index contributed by atoms with van der Waals surface area (Å²) in [6.45, 7) is 5.82. The summed E-state index contributed by atoms with van der Waals surface area (Å²) in [4.78, 5) is 2.02. The number of nitrogens with zero attached hydrogens (tertiary/aromatic N) is 1. The number of hydrogen-bond acceptors (Lipinski definition) is 2. The summed E-state index contributed by atoms with van der Waals surface area (Å²) in [5.41, 5.74) is 5.29. The molecule has 0 saturated carbocycles. The first-order valence-corrected chi connectivity index (χ1v) is 3.26. The molecule has 0 aliphatic carbocycles. The Morgan fingerprint density at radius 3 is 2.67 bits per heavy atom. The van der Waals surface area contributed by atoms with Gasteiger partial charge < -0.3 is 5.73 Å². The van der Waals surface area contributed by atoms with Crippen molar-refractivity contribution in [3.8, 4) is 0 Å². The van der Waals surface area contributed by atoms with Gasteiger partial charge in [0.25, 0.3) is 0 Å². The van der Waals surface area contributed by atoms with E-state index in [0.717, 1.165) is 13.1 Å². The first-order chi connectivity index (χ1) is 4.16. The standard InChI is InChI=1S/C6H13ClN2/c1-6(7)5-9(2)4-3-8/h1,3-5,8H2,2H3. The average molecular weight is 149 g/mol. The van der Waals surface area contributed by atoms with E-state index in [9.17, 15) is 0 Å². The van der Waals surface area contributed by atoms with Gasteiger partial charge in [-0.25, -0.2) is 0 Å². The lowest BCUT2D eigenvalue weighted by Gasteiger charge is -2.13. The van der Waals surface area contributed by atoms with Crippen LogP contribution in [0.15, 0.2) is 11.6 Å². The molecule has 2 N–H and O–H groups in total. The van der Waals surface area contributed by atoms with E-state index >= 15 is 0 Å². The van der Waals surface area contributed by atoms with Crippen LogP contribution in [0.4, 0.5) is 0 Å². The van der Waals surface area contributed by atoms with Crippen molar-refractivity contribution in [3.05, 3.63) is 11.6 Å². The SMILES string of the molecule is C=C(Cl)CN(C)CCN. The van der Waals surface area contributed by atoms with Crippen LogP contribution in [0, 0.1) is 0 Å². The third-order valence-electron chi connectivity index (χ3n) is 0.952. The van der Waals surface area contributed by atoms with Gasteiger partial charge in [0.05, 0.1) is 0 Å². The maximum absolute atomic E-state index is 5.53. The lowest BCUT2D eigenvalue weighted by molar-refractivity contribution is 0.378. The van der Waals surface area contributed by atoms with Crippen molar-refractivity contribution in [1.82, 2.24) is 4.90 Å². The van der Waals surface area contributed by atoms with E-state index < -0.39 is 0 Å². The van der Waals surface area contributed by atoms with Gasteiger partial charge in [0.2, 0.25) is 0 Å². The number of likely N-dealkylation sites (N-methyl/N-ethyl adjacent to an activating group) is 1. The molecule has 0 aromatic carbocycles. The molecule has 0 rings (SSSR count). The molecule has 0 atom stereocenters. The summed E-state index contributed by atoms with van der Waals surface area (Å²) < 4.78 is 0. The van der Waals surface area contributed by atoms with Crippen molar-refractivity contribution in [2.24, 2.45) is 5.73 Å². The van der Waals surface area contributed by atoms with Crippen LogP contribution in [0.5, 0.6) is 0 Å². The minimum Gasteiger partial charge on any atom is -0.329 e. The van der Waals surface area contributed by atoms with Crippen LogP contribution in [-0.2, 0) is 0 Å². The summed E-state index contributed by atoms with van der Waals surface area (Å²) in [7, 11) is 1.96. The Morgan fingerprint density at radius 1 is 1.78 bits per heavy atom. The second-order valence-electron chi connectivity index (χ2n) is 2.04. The van der Waals surface area contributed by atoms with Gasteiger partial charge in [0.1, 0.15) is 0 Å². The van der Waals surface area contributed by atoms with Gasteiger partial charge in [-0.3, -0.25) is 4.90 Å². The lowest BCUT2D eigenvalue weighted by Crippen LogP contribution is -2.26. The predicted octanol–water partition coefficient (Wildman–Crippen LogP) is 0.629. The van der Waals surface area contributed by atoms with Crippen molar-refractivity contribution in [2.75, 3.05) is 26.7 Å². The number of halogens is 1. The van der Waals surface area contributed by atoms with Crippen molar-refractivity contribution in [1.29, 1.82) is 0 Å². The summed E-state index contributed by atoms with van der Waals surface area (Å²) in [6, 6.07) is 0. The van der Waals surface area contributed by atoms with Gasteiger partial charge in [-0.15, -0.1) is 0 Å². The van der Waals surface area contributed by atoms with Crippen LogP contribution in [0.2, 0.25) is 0 Å². The Balaban J connectivity index is 3.26. The van der Waals surface area contributed by atoms with Gasteiger partial charge in [0, 0.05) is 24.7 Å². The molecule has 0 heterocycles. The van der Waals surface area contributed by atoms with Crippen LogP contribution in [-0.4, -0.2) is 31.6 Å². The average Bonchev–Trinajstić information content (AvgIpc) is 1.63. The minimum absolute atomic E-state index is 0.658. The molecule has 54 valence electrons. The Bertz CT molecular complexity index is 93.1. The Labute approximate surface area is 61.3 Å². The molecule has 0 fully saturated rings. The molecule has 0 radical (unpaired) electrons. The van der Waals surface area contributed by atoms with Crippen LogP contribution >= 0.6 is 11.6 Å². The topological polar surface area (TPSA) is 29.3 Å². The minimum atomic E-state index is 0.658. The van der Waals surface area contributed by atoms with Crippen LogP contribution in [0.25, 0.3) is 0 Å². The van der Waals surface area contributed by atoms with Crippen molar-refractivity contribution >= 4 is 11.6 Å². The molecule has 0 bridgehead atoms. The first kappa shape index (κ1) is 8.95. The number of hydrogen-bond donors (Lipinski definition) is 1. The molecule has 3 heteroatoms. The normalized spacial score (nSPS) is 10.2. The van der Waals surface area contributed by atoms with E-state index in [-0.39, 0.29) is 0 Å². The fraction of sp³-hybridized carbons (Fsp3) is 0.667. The molecule has 9 heavy (non-hydrogen) atoms. The van der Waals surface area contributed by atoms with Gasteiger partial charge in [-0.2, -0.15) is 0 Å². The molecular weight excluding hydrogens is 136 g/mol. The predicted molar refractivity (Wildman–Crippen MR) is 41.5 cm³/mol. The van der Waals surface area contributed by atoms with Crippen molar-refractivity contribution < 1.29 is 0 Å². The van der Waals surface area contributed by atoms with Crippen LogP contribution in [0.3, 0.4) is 0 Å². The van der Waals surface area contributed by atoms with Gasteiger partial charge in [-0.1, -0.05) is 18.2 Å². The summed E-state index contributed by atoms with van der Waals surface area (Å²) in [5, 5.41) is 0.658. The highest BCUT2D eigenvalue weighted by atomic mass is 35.5. The number of nitrogens with two attached hydrogens (primary N) is 1. The van der Waals surface area contributed by atoms with Crippen LogP contribution < -0.4 is 5.73 Å². The van der Waals surface area contributed by atoms with Crippen molar-refractivity contribution in [2.45, 2.75) is 0 Å². The fourth-order valence-corrected chi connectivity index (χ4v) is 0.796. The van der Waals surface area contributed by atoms with Gasteiger partial charge in [0.15, 0.2) is 0 Å². The maximum atomic E-state index is 5.53. The third-order valence-corrected chi connectivity index (χ3v) is 1.07. The molecule has 0 amide bonds. The molecule has 0 aromatic heterocycles. The zero-order valence-corrected chi connectivity index (χ0v) is 6.49. The van der Waals surface area contributed by atoms with Crippen molar-refractivity contribution in [3.63, 3.8) is 0 Å². The van der Waals surface area contributed by atoms with Crippen LogP contribution in [0.1, 0.15) is 0 Å². The quantitative estimate of drug-likeness (QED) is 0.634. The van der Waals surface area contributed by atoms with E-state index in [2.05, 4.69) is 6.58 Å². The maximum Gasteiger partial charge on any atom is 0.0333 e. The number of rotatable bonds is 4. The smallest absolute Gasteiger partial charge is 0.0333 e. The van der Waals surface area contributed by atoms with E-state index in [1.165, 1.54) is 0 Å². The molecular formula is C6H13ClN2. The van der Waals surface area contributed by atoms with Gasteiger partial charge >= 0.3 is 0 Å². The molecule has 2 nitrogen and oxygen atoms in total. The summed E-state index contributed by atoms with van der Waals surface area (Å²) in [5.74, 6) is 0. The fourth-order valence-electron chi connectivity index (χ4n) is 0.592. The second-order valence-corrected chi connectivity index (χ2v) is 2.58.